The van der Waals surface area contributed by atoms with Crippen molar-refractivity contribution in [2.75, 3.05) is 11.9 Å². The van der Waals surface area contributed by atoms with Crippen molar-refractivity contribution in [1.29, 1.82) is 0 Å². The summed E-state index contributed by atoms with van der Waals surface area (Å²) in [4.78, 5) is 39.3. The fourth-order valence-electron chi connectivity index (χ4n) is 3.72. The summed E-state index contributed by atoms with van der Waals surface area (Å²) in [5, 5.41) is 5.98. The van der Waals surface area contributed by atoms with E-state index < -0.39 is 29.9 Å². The average Bonchev–Trinajstić information content (AvgIpc) is 3.06. The number of rotatable bonds is 7. The third kappa shape index (κ3) is 4.68. The minimum Gasteiger partial charge on any atom is -0.457 e. The van der Waals surface area contributed by atoms with Gasteiger partial charge in [-0.2, -0.15) is 0 Å². The molecule has 33 heavy (non-hydrogen) atoms. The lowest BCUT2D eigenvalue weighted by atomic mass is 9.87. The fraction of sp³-hybridized carbons (Fsp3) is 0.160. The van der Waals surface area contributed by atoms with Gasteiger partial charge >= 0.3 is 6.03 Å². The molecule has 1 aliphatic heterocycles. The van der Waals surface area contributed by atoms with Gasteiger partial charge in [-0.05, 0) is 60.5 Å². The monoisotopic (exact) mass is 463 g/mol. The molecule has 1 heterocycles. The topological polar surface area (TPSA) is 87.7 Å². The number of anilines is 1. The van der Waals surface area contributed by atoms with E-state index in [4.69, 9.17) is 16.3 Å². The van der Waals surface area contributed by atoms with E-state index in [0.717, 1.165) is 4.90 Å². The Labute approximate surface area is 196 Å². The van der Waals surface area contributed by atoms with Crippen molar-refractivity contribution in [3.05, 3.63) is 89.4 Å². The van der Waals surface area contributed by atoms with Crippen LogP contribution in [0.25, 0.3) is 0 Å². The molecule has 168 valence electrons. The number of hydrogen-bond acceptors (Lipinski definition) is 4. The fourth-order valence-corrected chi connectivity index (χ4v) is 3.84. The second-order valence-corrected chi connectivity index (χ2v) is 8.01. The minimum absolute atomic E-state index is 0.334. The quantitative estimate of drug-likeness (QED) is 0.486. The van der Waals surface area contributed by atoms with Crippen LogP contribution in [0.1, 0.15) is 18.9 Å². The standard InChI is InChI=1S/C25H22ClN3O4/c1-2-25(17-8-10-18(26)11-9-17)23(31)29(24(32)28-25)16-22(30)27-19-12-14-21(15-13-19)33-20-6-4-3-5-7-20/h3-15H,2,16H2,1H3,(H,27,30)(H,28,32). The smallest absolute Gasteiger partial charge is 0.325 e. The maximum absolute atomic E-state index is 13.2. The number of amides is 4. The average molecular weight is 464 g/mol. The van der Waals surface area contributed by atoms with Gasteiger partial charge in [0.1, 0.15) is 23.6 Å². The van der Waals surface area contributed by atoms with Crippen LogP contribution in [0.15, 0.2) is 78.9 Å². The first-order chi connectivity index (χ1) is 15.9. The van der Waals surface area contributed by atoms with Crippen molar-refractivity contribution in [3.63, 3.8) is 0 Å². The third-order valence-electron chi connectivity index (χ3n) is 5.46. The van der Waals surface area contributed by atoms with E-state index in [2.05, 4.69) is 10.6 Å². The van der Waals surface area contributed by atoms with E-state index in [0.29, 0.717) is 34.2 Å². The number of urea groups is 1. The van der Waals surface area contributed by atoms with E-state index >= 15 is 0 Å². The van der Waals surface area contributed by atoms with Crippen molar-refractivity contribution in [2.24, 2.45) is 0 Å². The summed E-state index contributed by atoms with van der Waals surface area (Å²) in [5.74, 6) is 0.356. The molecule has 4 rings (SSSR count). The second kappa shape index (κ2) is 9.34. The Bertz CT molecular complexity index is 1170. The zero-order valence-corrected chi connectivity index (χ0v) is 18.6. The van der Waals surface area contributed by atoms with E-state index in [9.17, 15) is 14.4 Å². The summed E-state index contributed by atoms with van der Waals surface area (Å²) >= 11 is 5.95. The van der Waals surface area contributed by atoms with Crippen molar-refractivity contribution >= 4 is 35.1 Å². The molecule has 1 atom stereocenters. The lowest BCUT2D eigenvalue weighted by Gasteiger charge is -2.25. The lowest BCUT2D eigenvalue weighted by Crippen LogP contribution is -2.44. The molecule has 8 heteroatoms. The highest BCUT2D eigenvalue weighted by molar-refractivity contribution is 6.30. The lowest BCUT2D eigenvalue weighted by molar-refractivity contribution is -0.134. The van der Waals surface area contributed by atoms with Crippen LogP contribution >= 0.6 is 11.6 Å². The minimum atomic E-state index is -1.22. The van der Waals surface area contributed by atoms with Crippen molar-refractivity contribution in [3.8, 4) is 11.5 Å². The molecular weight excluding hydrogens is 442 g/mol. The number of nitrogens with zero attached hydrogens (tertiary/aromatic N) is 1. The van der Waals surface area contributed by atoms with Gasteiger partial charge in [-0.3, -0.25) is 14.5 Å². The molecule has 3 aromatic rings. The van der Waals surface area contributed by atoms with Gasteiger partial charge in [0, 0.05) is 10.7 Å². The van der Waals surface area contributed by atoms with Crippen LogP contribution in [0.5, 0.6) is 11.5 Å². The summed E-state index contributed by atoms with van der Waals surface area (Å²) < 4.78 is 5.73. The number of carbonyl (C=O) groups excluding carboxylic acids is 3. The Balaban J connectivity index is 1.41. The number of nitrogens with one attached hydrogen (secondary N) is 2. The predicted octanol–water partition coefficient (Wildman–Crippen LogP) is 4.93. The second-order valence-electron chi connectivity index (χ2n) is 7.57. The molecule has 1 aliphatic rings. The highest BCUT2D eigenvalue weighted by Crippen LogP contribution is 2.33. The molecule has 0 aliphatic carbocycles. The molecule has 3 aromatic carbocycles. The Morgan fingerprint density at radius 1 is 0.970 bits per heavy atom. The number of imide groups is 1. The van der Waals surface area contributed by atoms with Gasteiger partial charge in [-0.25, -0.2) is 4.79 Å². The van der Waals surface area contributed by atoms with E-state index in [1.54, 1.807) is 55.5 Å². The van der Waals surface area contributed by atoms with Gasteiger partial charge in [0.25, 0.3) is 5.91 Å². The van der Waals surface area contributed by atoms with Gasteiger partial charge in [-0.1, -0.05) is 48.9 Å². The van der Waals surface area contributed by atoms with Crippen LogP contribution in [0.3, 0.4) is 0 Å². The van der Waals surface area contributed by atoms with Crippen LogP contribution < -0.4 is 15.4 Å². The van der Waals surface area contributed by atoms with Gasteiger partial charge in [0.2, 0.25) is 5.91 Å². The van der Waals surface area contributed by atoms with Crippen LogP contribution in [-0.2, 0) is 15.1 Å². The summed E-state index contributed by atoms with van der Waals surface area (Å²) in [6.07, 6.45) is 0.334. The number of ether oxygens (including phenoxy) is 1. The van der Waals surface area contributed by atoms with Gasteiger partial charge in [-0.15, -0.1) is 0 Å². The molecule has 2 N–H and O–H groups in total. The molecule has 1 unspecified atom stereocenters. The third-order valence-corrected chi connectivity index (χ3v) is 5.71. The Hall–Kier alpha value is -3.84. The van der Waals surface area contributed by atoms with Crippen molar-refractivity contribution in [2.45, 2.75) is 18.9 Å². The number of hydrogen-bond donors (Lipinski definition) is 2. The predicted molar refractivity (Wildman–Crippen MR) is 125 cm³/mol. The molecular formula is C25H22ClN3O4. The molecule has 1 saturated heterocycles. The molecule has 0 aromatic heterocycles. The van der Waals surface area contributed by atoms with Crippen LogP contribution in [0, 0.1) is 0 Å². The summed E-state index contributed by atoms with van der Waals surface area (Å²) in [6, 6.07) is 22.3. The highest BCUT2D eigenvalue weighted by Gasteiger charge is 2.51. The van der Waals surface area contributed by atoms with Crippen molar-refractivity contribution < 1.29 is 19.1 Å². The maximum atomic E-state index is 13.2. The normalized spacial score (nSPS) is 17.6. The molecule has 1 fully saturated rings. The number of carbonyl (C=O) groups is 3. The van der Waals surface area contributed by atoms with E-state index in [1.807, 2.05) is 30.3 Å². The Kier molecular flexibility index (Phi) is 6.33. The first-order valence-electron chi connectivity index (χ1n) is 10.4. The van der Waals surface area contributed by atoms with Crippen LogP contribution in [-0.4, -0.2) is 29.3 Å². The number of para-hydroxylation sites is 1. The summed E-state index contributed by atoms with van der Waals surface area (Å²) in [6.45, 7) is 1.40. The number of benzene rings is 3. The van der Waals surface area contributed by atoms with Gasteiger partial charge in [0.15, 0.2) is 0 Å². The van der Waals surface area contributed by atoms with Gasteiger partial charge in [0.05, 0.1) is 0 Å². The highest BCUT2D eigenvalue weighted by atomic mass is 35.5. The number of halogens is 1. The molecule has 0 bridgehead atoms. The Morgan fingerprint density at radius 3 is 2.24 bits per heavy atom. The molecule has 0 radical (unpaired) electrons. The van der Waals surface area contributed by atoms with Crippen LogP contribution in [0.2, 0.25) is 5.02 Å². The SMILES string of the molecule is CCC1(c2ccc(Cl)cc2)NC(=O)N(CC(=O)Nc2ccc(Oc3ccccc3)cc2)C1=O. The molecule has 7 nitrogen and oxygen atoms in total. The van der Waals surface area contributed by atoms with Crippen molar-refractivity contribution in [1.82, 2.24) is 10.2 Å². The molecule has 0 spiro atoms. The zero-order valence-electron chi connectivity index (χ0n) is 17.9. The Morgan fingerprint density at radius 2 is 1.61 bits per heavy atom. The molecule has 4 amide bonds. The summed E-state index contributed by atoms with van der Waals surface area (Å²) in [7, 11) is 0. The zero-order chi connectivity index (χ0) is 23.4. The van der Waals surface area contributed by atoms with Crippen LogP contribution in [0.4, 0.5) is 10.5 Å². The first kappa shape index (κ1) is 22.4. The maximum Gasteiger partial charge on any atom is 0.325 e. The molecule has 0 saturated carbocycles. The summed E-state index contributed by atoms with van der Waals surface area (Å²) in [5.41, 5.74) is -0.0881. The largest absolute Gasteiger partial charge is 0.457 e. The van der Waals surface area contributed by atoms with E-state index in [-0.39, 0.29) is 0 Å². The van der Waals surface area contributed by atoms with E-state index in [1.165, 1.54) is 0 Å². The first-order valence-corrected chi connectivity index (χ1v) is 10.8. The van der Waals surface area contributed by atoms with Gasteiger partial charge < -0.3 is 15.4 Å².